The smallest absolute Gasteiger partial charge is 0.407 e. The van der Waals surface area contributed by atoms with E-state index in [1.165, 1.54) is 4.90 Å². The number of hydrogen-bond donors (Lipinski definition) is 2. The molecule has 1 fully saturated rings. The van der Waals surface area contributed by atoms with Crippen LogP contribution in [-0.4, -0.2) is 53.6 Å². The third-order valence-corrected chi connectivity index (χ3v) is 2.17. The molecule has 1 amide bonds. The van der Waals surface area contributed by atoms with Crippen LogP contribution in [0.3, 0.4) is 0 Å². The summed E-state index contributed by atoms with van der Waals surface area (Å²) in [6.07, 6.45) is -0.480. The molecule has 1 saturated heterocycles. The molecule has 0 aromatic rings. The normalized spacial score (nSPS) is 29.3. The highest BCUT2D eigenvalue weighted by molar-refractivity contribution is 5.66. The molecule has 0 spiro atoms. The summed E-state index contributed by atoms with van der Waals surface area (Å²) in [5.41, 5.74) is 0. The highest BCUT2D eigenvalue weighted by Gasteiger charge is 2.34. The summed E-state index contributed by atoms with van der Waals surface area (Å²) < 4.78 is 5.01. The predicted molar refractivity (Wildman–Crippen MR) is 41.0 cm³/mol. The standard InChI is InChI=1S/C7H13NO4/c1-12-6-2-5(4-9)8(3-6)7(10)11/h5-6,9H,2-4H2,1H3,(H,10,11)/t5-,6+/m0/s1. The van der Waals surface area contributed by atoms with Gasteiger partial charge >= 0.3 is 6.09 Å². The molecule has 0 bridgehead atoms. The maximum Gasteiger partial charge on any atom is 0.407 e. The molecular formula is C7H13NO4. The zero-order valence-electron chi connectivity index (χ0n) is 6.93. The Balaban J connectivity index is 2.56. The molecule has 1 aliphatic rings. The van der Waals surface area contributed by atoms with Crippen molar-refractivity contribution >= 4 is 6.09 Å². The van der Waals surface area contributed by atoms with Gasteiger partial charge in [0.15, 0.2) is 0 Å². The minimum atomic E-state index is -0.992. The largest absolute Gasteiger partial charge is 0.465 e. The van der Waals surface area contributed by atoms with Crippen LogP contribution in [0.15, 0.2) is 0 Å². The van der Waals surface area contributed by atoms with Crippen LogP contribution in [0.4, 0.5) is 4.79 Å². The number of carbonyl (C=O) groups is 1. The van der Waals surface area contributed by atoms with Crippen molar-refractivity contribution in [2.45, 2.75) is 18.6 Å². The number of rotatable bonds is 2. The van der Waals surface area contributed by atoms with Crippen LogP contribution in [0.25, 0.3) is 0 Å². The maximum atomic E-state index is 10.6. The average Bonchev–Trinajstić information content (AvgIpc) is 2.47. The van der Waals surface area contributed by atoms with Gasteiger partial charge in [0.1, 0.15) is 0 Å². The van der Waals surface area contributed by atoms with Crippen LogP contribution < -0.4 is 0 Å². The first-order chi connectivity index (χ1) is 5.69. The Bertz CT molecular complexity index is 173. The van der Waals surface area contributed by atoms with Crippen molar-refractivity contribution in [3.63, 3.8) is 0 Å². The van der Waals surface area contributed by atoms with Crippen molar-refractivity contribution in [3.05, 3.63) is 0 Å². The van der Waals surface area contributed by atoms with Crippen molar-refractivity contribution in [1.29, 1.82) is 0 Å². The van der Waals surface area contributed by atoms with E-state index in [1.54, 1.807) is 7.11 Å². The van der Waals surface area contributed by atoms with E-state index in [2.05, 4.69) is 0 Å². The lowest BCUT2D eigenvalue weighted by atomic mass is 10.2. The Morgan fingerprint density at radius 3 is 2.75 bits per heavy atom. The van der Waals surface area contributed by atoms with E-state index in [0.29, 0.717) is 13.0 Å². The van der Waals surface area contributed by atoms with Gasteiger partial charge in [-0.1, -0.05) is 0 Å². The molecule has 2 atom stereocenters. The fourth-order valence-electron chi connectivity index (χ4n) is 1.45. The van der Waals surface area contributed by atoms with E-state index in [4.69, 9.17) is 14.9 Å². The Hall–Kier alpha value is -0.810. The topological polar surface area (TPSA) is 70.0 Å². The SMILES string of the molecule is CO[C@@H]1C[C@@H](CO)N(C(=O)O)C1. The molecule has 0 aliphatic carbocycles. The van der Waals surface area contributed by atoms with Gasteiger partial charge < -0.3 is 19.8 Å². The molecule has 1 rings (SSSR count). The first-order valence-electron chi connectivity index (χ1n) is 3.82. The van der Waals surface area contributed by atoms with Crippen LogP contribution in [0, 0.1) is 0 Å². The molecule has 70 valence electrons. The first kappa shape index (κ1) is 9.28. The zero-order chi connectivity index (χ0) is 9.14. The second kappa shape index (κ2) is 3.73. The van der Waals surface area contributed by atoms with Gasteiger partial charge in [0.2, 0.25) is 0 Å². The molecule has 1 heterocycles. The van der Waals surface area contributed by atoms with E-state index >= 15 is 0 Å². The van der Waals surface area contributed by atoms with E-state index in [0.717, 1.165) is 0 Å². The summed E-state index contributed by atoms with van der Waals surface area (Å²) in [4.78, 5) is 11.8. The summed E-state index contributed by atoms with van der Waals surface area (Å²) in [6, 6.07) is -0.299. The van der Waals surface area contributed by atoms with Gasteiger partial charge in [0.05, 0.1) is 25.3 Å². The number of likely N-dealkylation sites (tertiary alicyclic amines) is 1. The first-order valence-corrected chi connectivity index (χ1v) is 3.82. The highest BCUT2D eigenvalue weighted by atomic mass is 16.5. The number of hydrogen-bond acceptors (Lipinski definition) is 3. The summed E-state index contributed by atoms with van der Waals surface area (Å²) in [7, 11) is 1.55. The van der Waals surface area contributed by atoms with Gasteiger partial charge in [-0.05, 0) is 6.42 Å². The fourth-order valence-corrected chi connectivity index (χ4v) is 1.45. The Kier molecular flexibility index (Phi) is 2.88. The zero-order valence-corrected chi connectivity index (χ0v) is 6.93. The van der Waals surface area contributed by atoms with Crippen LogP contribution >= 0.6 is 0 Å². The minimum Gasteiger partial charge on any atom is -0.465 e. The molecular weight excluding hydrogens is 162 g/mol. The number of methoxy groups -OCH3 is 1. The third kappa shape index (κ3) is 1.67. The molecule has 0 aromatic carbocycles. The summed E-state index contributed by atoms with van der Waals surface area (Å²) in [6.45, 7) is 0.225. The van der Waals surface area contributed by atoms with E-state index in [9.17, 15) is 4.79 Å². The van der Waals surface area contributed by atoms with Gasteiger partial charge in [0, 0.05) is 7.11 Å². The monoisotopic (exact) mass is 175 g/mol. The van der Waals surface area contributed by atoms with Crippen LogP contribution in [0.2, 0.25) is 0 Å². The number of aliphatic hydroxyl groups is 1. The molecule has 5 heteroatoms. The Labute approximate surface area is 70.5 Å². The van der Waals surface area contributed by atoms with Crippen LogP contribution in [0.1, 0.15) is 6.42 Å². The number of carboxylic acid groups (broad SMARTS) is 1. The molecule has 2 N–H and O–H groups in total. The van der Waals surface area contributed by atoms with Crippen molar-refractivity contribution in [2.75, 3.05) is 20.3 Å². The van der Waals surface area contributed by atoms with Gasteiger partial charge in [-0.2, -0.15) is 0 Å². The summed E-state index contributed by atoms with van der Waals surface area (Å²) in [5.74, 6) is 0. The molecule has 1 aliphatic heterocycles. The third-order valence-electron chi connectivity index (χ3n) is 2.17. The Morgan fingerprint density at radius 1 is 1.75 bits per heavy atom. The van der Waals surface area contributed by atoms with E-state index < -0.39 is 6.09 Å². The molecule has 0 aromatic heterocycles. The second-order valence-electron chi connectivity index (χ2n) is 2.86. The van der Waals surface area contributed by atoms with Gasteiger partial charge in [-0.3, -0.25) is 0 Å². The predicted octanol–water partition coefficient (Wildman–Crippen LogP) is -0.254. The number of amides is 1. The fraction of sp³-hybridized carbons (Fsp3) is 0.857. The lowest BCUT2D eigenvalue weighted by Gasteiger charge is -2.18. The second-order valence-corrected chi connectivity index (χ2v) is 2.86. The maximum absolute atomic E-state index is 10.6. The number of aliphatic hydroxyl groups excluding tert-OH is 1. The van der Waals surface area contributed by atoms with Crippen molar-refractivity contribution in [1.82, 2.24) is 4.90 Å². The van der Waals surface area contributed by atoms with E-state index in [-0.39, 0.29) is 18.8 Å². The summed E-state index contributed by atoms with van der Waals surface area (Å²) in [5, 5.41) is 17.5. The summed E-state index contributed by atoms with van der Waals surface area (Å²) >= 11 is 0. The average molecular weight is 175 g/mol. The number of ether oxygens (including phenoxy) is 1. The van der Waals surface area contributed by atoms with Gasteiger partial charge in [-0.15, -0.1) is 0 Å². The molecule has 12 heavy (non-hydrogen) atoms. The van der Waals surface area contributed by atoms with Crippen molar-refractivity contribution in [3.8, 4) is 0 Å². The van der Waals surface area contributed by atoms with Crippen LogP contribution in [-0.2, 0) is 4.74 Å². The quantitative estimate of drug-likeness (QED) is 0.607. The van der Waals surface area contributed by atoms with Gasteiger partial charge in [0.25, 0.3) is 0 Å². The van der Waals surface area contributed by atoms with Crippen molar-refractivity contribution in [2.24, 2.45) is 0 Å². The molecule has 0 saturated carbocycles. The van der Waals surface area contributed by atoms with Gasteiger partial charge in [-0.25, -0.2) is 4.79 Å². The lowest BCUT2D eigenvalue weighted by Crippen LogP contribution is -2.36. The molecule has 0 unspecified atom stereocenters. The lowest BCUT2D eigenvalue weighted by molar-refractivity contribution is 0.101. The molecule has 0 radical (unpaired) electrons. The Morgan fingerprint density at radius 2 is 2.42 bits per heavy atom. The highest BCUT2D eigenvalue weighted by Crippen LogP contribution is 2.19. The number of nitrogens with zero attached hydrogens (tertiary/aromatic N) is 1. The van der Waals surface area contributed by atoms with E-state index in [1.807, 2.05) is 0 Å². The van der Waals surface area contributed by atoms with Crippen LogP contribution in [0.5, 0.6) is 0 Å². The molecule has 5 nitrogen and oxygen atoms in total. The van der Waals surface area contributed by atoms with Crippen molar-refractivity contribution < 1.29 is 19.7 Å². The minimum absolute atomic E-state index is 0.0711.